The van der Waals surface area contributed by atoms with Crippen LogP contribution in [0.15, 0.2) is 47.6 Å². The van der Waals surface area contributed by atoms with E-state index in [9.17, 15) is 13.2 Å². The van der Waals surface area contributed by atoms with Gasteiger partial charge in [-0.15, -0.1) is 0 Å². The lowest BCUT2D eigenvalue weighted by Crippen LogP contribution is -2.03. The van der Waals surface area contributed by atoms with Gasteiger partial charge in [0.25, 0.3) is 0 Å². The minimum Gasteiger partial charge on any atom is -0.478 e. The van der Waals surface area contributed by atoms with Crippen molar-refractivity contribution in [2.75, 3.05) is 6.26 Å². The minimum absolute atomic E-state index is 0.103. The van der Waals surface area contributed by atoms with E-state index in [2.05, 4.69) is 9.97 Å². The highest BCUT2D eigenvalue weighted by Crippen LogP contribution is 2.26. The summed E-state index contributed by atoms with van der Waals surface area (Å²) < 4.78 is 24.2. The molecule has 0 spiro atoms. The molecule has 0 saturated heterocycles. The van der Waals surface area contributed by atoms with Crippen LogP contribution in [0.3, 0.4) is 0 Å². The molecule has 0 saturated carbocycles. The summed E-state index contributed by atoms with van der Waals surface area (Å²) in [5.74, 6) is -1.05. The number of benzene rings is 1. The van der Waals surface area contributed by atoms with Crippen molar-refractivity contribution in [3.8, 4) is 0 Å². The fourth-order valence-corrected chi connectivity index (χ4v) is 3.60. The molecule has 1 aromatic carbocycles. The largest absolute Gasteiger partial charge is 0.478 e. The second-order valence-corrected chi connectivity index (χ2v) is 8.03. The van der Waals surface area contributed by atoms with Crippen molar-refractivity contribution < 1.29 is 18.3 Å². The molecule has 0 amide bonds. The van der Waals surface area contributed by atoms with Crippen LogP contribution in [0, 0.1) is 0 Å². The number of rotatable bonds is 4. The molecule has 0 bridgehead atoms. The zero-order valence-electron chi connectivity index (χ0n) is 13.1. The van der Waals surface area contributed by atoms with Gasteiger partial charge in [-0.2, -0.15) is 0 Å². The number of nitrogens with zero attached hydrogens (tertiary/aromatic N) is 2. The Morgan fingerprint density at radius 1 is 1.20 bits per heavy atom. The Labute approximate surface area is 149 Å². The van der Waals surface area contributed by atoms with E-state index in [4.69, 9.17) is 16.7 Å². The number of pyridine rings is 2. The van der Waals surface area contributed by atoms with Crippen LogP contribution in [-0.2, 0) is 16.3 Å². The van der Waals surface area contributed by atoms with Crippen molar-refractivity contribution in [3.63, 3.8) is 0 Å². The zero-order chi connectivity index (χ0) is 18.2. The van der Waals surface area contributed by atoms with Crippen LogP contribution in [0.2, 0.25) is 5.02 Å². The zero-order valence-corrected chi connectivity index (χ0v) is 14.7. The molecule has 2 aromatic heterocycles. The first kappa shape index (κ1) is 17.3. The number of aromatic carboxylic acids is 1. The monoisotopic (exact) mass is 376 g/mol. The first-order valence-corrected chi connectivity index (χ1v) is 9.47. The number of fused-ring (bicyclic) bond motifs is 1. The Morgan fingerprint density at radius 3 is 2.64 bits per heavy atom. The Hall–Kier alpha value is -2.51. The van der Waals surface area contributed by atoms with Gasteiger partial charge in [0, 0.05) is 36.2 Å². The highest BCUT2D eigenvalue weighted by Gasteiger charge is 2.16. The van der Waals surface area contributed by atoms with E-state index in [1.165, 1.54) is 30.6 Å². The summed E-state index contributed by atoms with van der Waals surface area (Å²) in [6.45, 7) is 0. The van der Waals surface area contributed by atoms with Crippen molar-refractivity contribution in [2.24, 2.45) is 0 Å². The molecule has 25 heavy (non-hydrogen) atoms. The Morgan fingerprint density at radius 2 is 1.96 bits per heavy atom. The van der Waals surface area contributed by atoms with Crippen LogP contribution >= 0.6 is 11.6 Å². The normalized spacial score (nSPS) is 11.6. The summed E-state index contributed by atoms with van der Waals surface area (Å²) in [7, 11) is -3.50. The fraction of sp³-hybridized carbons (Fsp3) is 0.118. The van der Waals surface area contributed by atoms with Crippen LogP contribution in [0.25, 0.3) is 10.9 Å². The van der Waals surface area contributed by atoms with Crippen molar-refractivity contribution in [1.82, 2.24) is 9.97 Å². The van der Waals surface area contributed by atoms with Crippen LogP contribution < -0.4 is 0 Å². The van der Waals surface area contributed by atoms with Crippen molar-refractivity contribution >= 4 is 38.3 Å². The Bertz CT molecular complexity index is 1100. The third-order valence-electron chi connectivity index (χ3n) is 3.62. The van der Waals surface area contributed by atoms with Crippen LogP contribution in [0.5, 0.6) is 0 Å². The summed E-state index contributed by atoms with van der Waals surface area (Å²) in [6.07, 6.45) is 4.21. The van der Waals surface area contributed by atoms with Crippen molar-refractivity contribution in [3.05, 3.63) is 64.6 Å². The lowest BCUT2D eigenvalue weighted by molar-refractivity contribution is 0.0696. The third kappa shape index (κ3) is 3.78. The molecule has 0 atom stereocenters. The van der Waals surface area contributed by atoms with Gasteiger partial charge in [0.1, 0.15) is 0 Å². The number of aromatic nitrogens is 2. The van der Waals surface area contributed by atoms with Crippen LogP contribution in [-0.4, -0.2) is 35.7 Å². The lowest BCUT2D eigenvalue weighted by Gasteiger charge is -2.09. The van der Waals surface area contributed by atoms with Crippen LogP contribution in [0.4, 0.5) is 0 Å². The van der Waals surface area contributed by atoms with Gasteiger partial charge in [0.05, 0.1) is 21.0 Å². The topological polar surface area (TPSA) is 97.2 Å². The first-order valence-electron chi connectivity index (χ1n) is 7.20. The standard InChI is InChI=1S/C17H13ClN2O4S/c1-25(23,24)15-6-10(4-12-7-13(18)9-20-16(12)15)5-14-8-11(17(21)22)2-3-19-14/h2-4,6-9H,5H2,1H3,(H,21,22). The molecule has 0 unspecified atom stereocenters. The Balaban J connectivity index is 2.14. The van der Waals surface area contributed by atoms with Gasteiger partial charge in [-0.25, -0.2) is 13.2 Å². The smallest absolute Gasteiger partial charge is 0.335 e. The number of halogens is 1. The average Bonchev–Trinajstić information content (AvgIpc) is 2.53. The minimum atomic E-state index is -3.50. The second kappa shape index (κ2) is 6.42. The molecule has 2 heterocycles. The number of carbonyl (C=O) groups is 1. The molecule has 8 heteroatoms. The predicted octanol–water partition coefficient (Wildman–Crippen LogP) is 2.98. The molecule has 128 valence electrons. The third-order valence-corrected chi connectivity index (χ3v) is 4.94. The number of sulfone groups is 1. The first-order chi connectivity index (χ1) is 11.7. The average molecular weight is 377 g/mol. The Kier molecular flexibility index (Phi) is 4.45. The van der Waals surface area contributed by atoms with Crippen molar-refractivity contribution in [2.45, 2.75) is 11.3 Å². The van der Waals surface area contributed by atoms with Gasteiger partial charge in [0.15, 0.2) is 9.84 Å². The second-order valence-electron chi connectivity index (χ2n) is 5.61. The van der Waals surface area contributed by atoms with E-state index in [0.717, 1.165) is 6.26 Å². The number of carboxylic acids is 1. The molecule has 6 nitrogen and oxygen atoms in total. The summed E-state index contributed by atoms with van der Waals surface area (Å²) in [5.41, 5.74) is 1.67. The maximum absolute atomic E-state index is 12.1. The molecule has 0 aliphatic heterocycles. The molecule has 3 aromatic rings. The van der Waals surface area contributed by atoms with E-state index >= 15 is 0 Å². The summed E-state index contributed by atoms with van der Waals surface area (Å²) >= 11 is 5.96. The highest BCUT2D eigenvalue weighted by atomic mass is 35.5. The quantitative estimate of drug-likeness (QED) is 0.751. The van der Waals surface area contributed by atoms with Gasteiger partial charge >= 0.3 is 5.97 Å². The molecule has 0 aliphatic rings. The maximum atomic E-state index is 12.1. The van der Waals surface area contributed by atoms with E-state index in [1.807, 2.05) is 0 Å². The van der Waals surface area contributed by atoms with Gasteiger partial charge in [0.2, 0.25) is 0 Å². The molecular weight excluding hydrogens is 364 g/mol. The summed E-state index contributed by atoms with van der Waals surface area (Å²) in [4.78, 5) is 19.5. The van der Waals surface area contributed by atoms with Gasteiger partial charge in [-0.3, -0.25) is 9.97 Å². The number of carboxylic acid groups (broad SMARTS) is 1. The van der Waals surface area contributed by atoms with Crippen LogP contribution in [0.1, 0.15) is 21.6 Å². The molecule has 0 radical (unpaired) electrons. The number of hydrogen-bond acceptors (Lipinski definition) is 5. The fourth-order valence-electron chi connectivity index (χ4n) is 2.55. The summed E-state index contributed by atoms with van der Waals surface area (Å²) in [6, 6.07) is 7.82. The van der Waals surface area contributed by atoms with E-state index in [1.54, 1.807) is 12.1 Å². The van der Waals surface area contributed by atoms with E-state index < -0.39 is 15.8 Å². The number of hydrogen-bond donors (Lipinski definition) is 1. The maximum Gasteiger partial charge on any atom is 0.335 e. The molecule has 1 N–H and O–H groups in total. The molecule has 3 rings (SSSR count). The predicted molar refractivity (Wildman–Crippen MR) is 93.9 cm³/mol. The van der Waals surface area contributed by atoms with E-state index in [-0.39, 0.29) is 16.9 Å². The van der Waals surface area contributed by atoms with Gasteiger partial charge in [-0.1, -0.05) is 11.6 Å². The molecule has 0 aliphatic carbocycles. The van der Waals surface area contributed by atoms with Gasteiger partial charge in [-0.05, 0) is 35.9 Å². The van der Waals surface area contributed by atoms with Gasteiger partial charge < -0.3 is 5.11 Å². The SMILES string of the molecule is CS(=O)(=O)c1cc(Cc2cc(C(=O)O)ccn2)cc2cc(Cl)cnc12. The summed E-state index contributed by atoms with van der Waals surface area (Å²) in [5, 5.41) is 10.1. The highest BCUT2D eigenvalue weighted by molar-refractivity contribution is 7.91. The molecule has 0 fully saturated rings. The van der Waals surface area contributed by atoms with Crippen molar-refractivity contribution in [1.29, 1.82) is 0 Å². The lowest BCUT2D eigenvalue weighted by atomic mass is 10.1. The molecular formula is C17H13ClN2O4S. The van der Waals surface area contributed by atoms with E-state index in [0.29, 0.717) is 27.2 Å².